The van der Waals surface area contributed by atoms with Gasteiger partial charge in [-0.15, -0.1) is 0 Å². The fourth-order valence-electron chi connectivity index (χ4n) is 9.96. The molecule has 466 valence electrons. The molecule has 0 heterocycles. The fraction of sp³-hybridized carbons (Fsp3) is 0.747. The van der Waals surface area contributed by atoms with Crippen LogP contribution in [0.25, 0.3) is 0 Å². The van der Waals surface area contributed by atoms with E-state index in [9.17, 15) is 14.4 Å². The number of ether oxygens (including phenoxy) is 3. The fourth-order valence-corrected chi connectivity index (χ4v) is 9.96. The van der Waals surface area contributed by atoms with Crippen LogP contribution < -0.4 is 0 Å². The van der Waals surface area contributed by atoms with Crippen molar-refractivity contribution in [2.45, 2.75) is 348 Å². The maximum Gasteiger partial charge on any atom is 0.306 e. The van der Waals surface area contributed by atoms with E-state index in [4.69, 9.17) is 14.2 Å². The van der Waals surface area contributed by atoms with E-state index in [-0.39, 0.29) is 31.1 Å². The average molecular weight is 1130 g/mol. The van der Waals surface area contributed by atoms with E-state index in [1.54, 1.807) is 0 Å². The molecule has 0 amide bonds. The van der Waals surface area contributed by atoms with Crippen LogP contribution in [0, 0.1) is 0 Å². The molecular weight excluding hydrogens is 997 g/mol. The van der Waals surface area contributed by atoms with Crippen LogP contribution >= 0.6 is 0 Å². The topological polar surface area (TPSA) is 78.9 Å². The molecule has 0 fully saturated rings. The van der Waals surface area contributed by atoms with Crippen LogP contribution in [0.5, 0.6) is 0 Å². The number of rotatable bonds is 63. The molecule has 1 unspecified atom stereocenters. The van der Waals surface area contributed by atoms with Crippen molar-refractivity contribution < 1.29 is 28.6 Å². The minimum atomic E-state index is -0.793. The third-order valence-electron chi connectivity index (χ3n) is 15.1. The van der Waals surface area contributed by atoms with E-state index >= 15 is 0 Å². The first-order valence-electron chi connectivity index (χ1n) is 34.7. The lowest BCUT2D eigenvalue weighted by atomic mass is 10.0. The maximum absolute atomic E-state index is 13.0. The summed E-state index contributed by atoms with van der Waals surface area (Å²) >= 11 is 0. The quantitative estimate of drug-likeness (QED) is 0.0261. The van der Waals surface area contributed by atoms with Crippen molar-refractivity contribution in [3.8, 4) is 0 Å². The monoisotopic (exact) mass is 1130 g/mol. The normalized spacial score (nSPS) is 12.7. The predicted molar refractivity (Wildman–Crippen MR) is 353 cm³/mol. The van der Waals surface area contributed by atoms with Gasteiger partial charge in [0.05, 0.1) is 0 Å². The summed E-state index contributed by atoms with van der Waals surface area (Å²) in [4.78, 5) is 38.4. The molecule has 0 aliphatic carbocycles. The van der Waals surface area contributed by atoms with Gasteiger partial charge in [-0.2, -0.15) is 0 Å². The zero-order chi connectivity index (χ0) is 58.5. The van der Waals surface area contributed by atoms with Gasteiger partial charge in [-0.3, -0.25) is 14.4 Å². The molecule has 0 aromatic carbocycles. The van der Waals surface area contributed by atoms with E-state index < -0.39 is 6.10 Å². The standard InChI is InChI=1S/C75H130O6/c1-4-7-10-13-16-19-22-25-27-29-31-33-35-37-39-41-43-45-47-50-53-56-59-62-65-68-74(77)80-71-72(70-79-73(76)67-64-61-58-55-52-49-24-21-18-15-12-9-6-3)81-75(78)69-66-63-60-57-54-51-48-46-44-42-40-38-36-34-32-30-28-26-23-20-17-14-11-8-5-2/h7,9-10,12,16,18-19,21,25,27,31,33,37,39,49,52,72H,4-6,8,11,13-15,17,20,22-24,26,28-30,32,34-36,38,40-48,50-51,53-71H2,1-3H3/b10-7-,12-9-,19-16-,21-18-,27-25-,33-31-,39-37-,52-49-. The first kappa shape index (κ1) is 77.3. The summed E-state index contributed by atoms with van der Waals surface area (Å²) in [5, 5.41) is 0. The van der Waals surface area contributed by atoms with E-state index in [0.717, 1.165) is 122 Å². The summed E-state index contributed by atoms with van der Waals surface area (Å²) < 4.78 is 16.9. The third kappa shape index (κ3) is 67.0. The van der Waals surface area contributed by atoms with Gasteiger partial charge in [0.1, 0.15) is 13.2 Å². The van der Waals surface area contributed by atoms with E-state index in [1.807, 2.05) is 0 Å². The van der Waals surface area contributed by atoms with Crippen molar-refractivity contribution in [2.24, 2.45) is 0 Å². The lowest BCUT2D eigenvalue weighted by Gasteiger charge is -2.18. The highest BCUT2D eigenvalue weighted by molar-refractivity contribution is 5.71. The Morgan fingerprint density at radius 2 is 0.481 bits per heavy atom. The highest BCUT2D eigenvalue weighted by atomic mass is 16.6. The summed E-state index contributed by atoms with van der Waals surface area (Å²) in [6.45, 7) is 6.43. The van der Waals surface area contributed by atoms with E-state index in [0.29, 0.717) is 19.3 Å². The molecular formula is C75H130O6. The number of carbonyl (C=O) groups excluding carboxylic acids is 3. The van der Waals surface area contributed by atoms with E-state index in [2.05, 4.69) is 118 Å². The summed E-state index contributed by atoms with van der Waals surface area (Å²) in [6.07, 6.45) is 93.0. The predicted octanol–water partition coefficient (Wildman–Crippen LogP) is 24.0. The van der Waals surface area contributed by atoms with Crippen LogP contribution in [0.2, 0.25) is 0 Å². The van der Waals surface area contributed by atoms with Crippen LogP contribution in [0.15, 0.2) is 97.2 Å². The van der Waals surface area contributed by atoms with Crippen molar-refractivity contribution in [3.63, 3.8) is 0 Å². The summed E-state index contributed by atoms with van der Waals surface area (Å²) in [5.74, 6) is -0.908. The molecule has 0 rings (SSSR count). The Balaban J connectivity index is 4.29. The van der Waals surface area contributed by atoms with E-state index in [1.165, 1.54) is 180 Å². The highest BCUT2D eigenvalue weighted by Crippen LogP contribution is 2.18. The number of allylic oxidation sites excluding steroid dienone is 16. The first-order valence-corrected chi connectivity index (χ1v) is 34.7. The van der Waals surface area contributed by atoms with Gasteiger partial charge < -0.3 is 14.2 Å². The Hall–Kier alpha value is -3.67. The van der Waals surface area contributed by atoms with Crippen molar-refractivity contribution in [1.29, 1.82) is 0 Å². The van der Waals surface area contributed by atoms with Crippen molar-refractivity contribution in [2.75, 3.05) is 13.2 Å². The molecule has 0 N–H and O–H groups in total. The molecule has 0 saturated carbocycles. The molecule has 0 aliphatic heterocycles. The Labute approximate surface area is 502 Å². The van der Waals surface area contributed by atoms with Gasteiger partial charge in [0, 0.05) is 19.3 Å². The van der Waals surface area contributed by atoms with Crippen LogP contribution in [-0.4, -0.2) is 37.2 Å². The van der Waals surface area contributed by atoms with Gasteiger partial charge in [0.25, 0.3) is 0 Å². The number of esters is 3. The molecule has 1 atom stereocenters. The van der Waals surface area contributed by atoms with Crippen molar-refractivity contribution >= 4 is 17.9 Å². The Kier molecular flexibility index (Phi) is 65.7. The van der Waals surface area contributed by atoms with Gasteiger partial charge in [-0.25, -0.2) is 0 Å². The number of unbranched alkanes of at least 4 members (excludes halogenated alkanes) is 36. The molecule has 0 aromatic heterocycles. The number of hydrogen-bond acceptors (Lipinski definition) is 6. The Morgan fingerprint density at radius 1 is 0.259 bits per heavy atom. The molecule has 81 heavy (non-hydrogen) atoms. The Morgan fingerprint density at radius 3 is 0.765 bits per heavy atom. The van der Waals surface area contributed by atoms with Gasteiger partial charge in [0.15, 0.2) is 6.10 Å². The van der Waals surface area contributed by atoms with Crippen LogP contribution in [0.4, 0.5) is 0 Å². The lowest BCUT2D eigenvalue weighted by molar-refractivity contribution is -0.167. The smallest absolute Gasteiger partial charge is 0.306 e. The Bertz CT molecular complexity index is 1580. The molecule has 6 heteroatoms. The summed E-state index contributed by atoms with van der Waals surface area (Å²) in [6, 6.07) is 0. The van der Waals surface area contributed by atoms with Gasteiger partial charge in [-0.05, 0) is 96.3 Å². The summed E-state index contributed by atoms with van der Waals surface area (Å²) in [5.41, 5.74) is 0. The van der Waals surface area contributed by atoms with Crippen LogP contribution in [0.3, 0.4) is 0 Å². The SMILES string of the molecule is CC/C=C\C/C=C\C/C=C\C/C=C\C/C=C\CCCCCCCCCCCC(=O)OCC(COC(=O)CCCCC/C=C\C/C=C\C/C=C\CC)OC(=O)CCCCCCCCCCCCCCCCCCCCCCCCCCC. The van der Waals surface area contributed by atoms with Gasteiger partial charge in [-0.1, -0.05) is 323 Å². The summed E-state index contributed by atoms with van der Waals surface area (Å²) in [7, 11) is 0. The first-order chi connectivity index (χ1) is 40.0. The molecule has 0 radical (unpaired) electrons. The maximum atomic E-state index is 13.0. The lowest BCUT2D eigenvalue weighted by Crippen LogP contribution is -2.30. The minimum absolute atomic E-state index is 0.0879. The molecule has 0 bridgehead atoms. The van der Waals surface area contributed by atoms with Crippen molar-refractivity contribution in [3.05, 3.63) is 97.2 Å². The van der Waals surface area contributed by atoms with Crippen molar-refractivity contribution in [1.82, 2.24) is 0 Å². The molecule has 6 nitrogen and oxygen atoms in total. The number of hydrogen-bond donors (Lipinski definition) is 0. The highest BCUT2D eigenvalue weighted by Gasteiger charge is 2.19. The minimum Gasteiger partial charge on any atom is -0.462 e. The molecule has 0 spiro atoms. The zero-order valence-electron chi connectivity index (χ0n) is 53.5. The number of carbonyl (C=O) groups is 3. The second-order valence-corrected chi connectivity index (χ2v) is 23.0. The second kappa shape index (κ2) is 68.8. The average Bonchev–Trinajstić information content (AvgIpc) is 3.46. The largest absolute Gasteiger partial charge is 0.462 e. The molecule has 0 aliphatic rings. The molecule has 0 aromatic rings. The van der Waals surface area contributed by atoms with Crippen LogP contribution in [-0.2, 0) is 28.6 Å². The van der Waals surface area contributed by atoms with Gasteiger partial charge in [0.2, 0.25) is 0 Å². The molecule has 0 saturated heterocycles. The third-order valence-corrected chi connectivity index (χ3v) is 15.1. The zero-order valence-corrected chi connectivity index (χ0v) is 53.5. The second-order valence-electron chi connectivity index (χ2n) is 23.0. The van der Waals surface area contributed by atoms with Gasteiger partial charge >= 0.3 is 17.9 Å². The van der Waals surface area contributed by atoms with Crippen LogP contribution in [0.1, 0.15) is 342 Å².